The molecule has 0 aliphatic heterocycles. The number of benzene rings is 1. The maximum absolute atomic E-state index is 10.8. The zero-order valence-corrected chi connectivity index (χ0v) is 9.20. The third kappa shape index (κ3) is 3.57. The average molecular weight is 240 g/mol. The van der Waals surface area contributed by atoms with Crippen LogP contribution in [0.4, 0.5) is 5.69 Å². The van der Waals surface area contributed by atoms with Crippen molar-refractivity contribution < 1.29 is 9.46 Å². The highest BCUT2D eigenvalue weighted by Gasteiger charge is 2.14. The predicted octanol–water partition coefficient (Wildman–Crippen LogP) is 3.40. The van der Waals surface area contributed by atoms with Crippen LogP contribution in [0.3, 0.4) is 0 Å². The summed E-state index contributed by atoms with van der Waals surface area (Å²) in [5.41, 5.74) is 1.32. The Labute approximate surface area is 86.0 Å². The molecule has 0 bridgehead atoms. The Kier molecular flexibility index (Phi) is 3.25. The van der Waals surface area contributed by atoms with E-state index in [1.807, 2.05) is 6.92 Å². The monoisotopic (exact) mass is 239 g/mol. The fraction of sp³-hybridized carbons (Fsp3) is 0.143. The normalized spacial score (nSPS) is 15.1. The van der Waals surface area contributed by atoms with Crippen molar-refractivity contribution in [3.63, 3.8) is 0 Å². The van der Waals surface area contributed by atoms with Crippen LogP contribution in [0.1, 0.15) is 5.56 Å². The number of hydrogen-bond donors (Lipinski definition) is 2. The van der Waals surface area contributed by atoms with Crippen molar-refractivity contribution in [2.24, 2.45) is 0 Å². The number of rotatable bonds is 2. The van der Waals surface area contributed by atoms with E-state index in [0.717, 1.165) is 5.56 Å². The van der Waals surface area contributed by atoms with Gasteiger partial charge in [-0.3, -0.25) is 0 Å². The second-order valence-electron chi connectivity index (χ2n) is 2.60. The van der Waals surface area contributed by atoms with Gasteiger partial charge in [0.15, 0.2) is 0 Å². The molecule has 0 radical (unpaired) electrons. The Morgan fingerprint density at radius 1 is 1.54 bits per heavy atom. The van der Waals surface area contributed by atoms with Crippen molar-refractivity contribution in [2.75, 3.05) is 5.09 Å². The van der Waals surface area contributed by atoms with Crippen LogP contribution < -0.4 is 5.09 Å². The lowest BCUT2D eigenvalue weighted by Gasteiger charge is -2.09. The molecule has 1 rings (SSSR count). The molecular weight excluding hydrogens is 232 g/mol. The Balaban J connectivity index is 2.97. The first kappa shape index (κ1) is 10.9. The molecule has 0 amide bonds. The van der Waals surface area contributed by atoms with Crippen molar-refractivity contribution in [2.45, 2.75) is 6.92 Å². The minimum absolute atomic E-state index is 0.355. The largest absolute Gasteiger partial charge is 0.382 e. The molecule has 0 aliphatic rings. The molecule has 0 aliphatic carbocycles. The predicted molar refractivity (Wildman–Crippen MR) is 55.5 cm³/mol. The minimum Gasteiger partial charge on any atom is -0.318 e. The molecule has 2 N–H and O–H groups in total. The van der Waals surface area contributed by atoms with Gasteiger partial charge in [0.25, 0.3) is 0 Å². The van der Waals surface area contributed by atoms with Crippen molar-refractivity contribution in [1.82, 2.24) is 0 Å². The first-order valence-electron chi connectivity index (χ1n) is 3.45. The van der Waals surface area contributed by atoms with Gasteiger partial charge < -0.3 is 9.98 Å². The van der Waals surface area contributed by atoms with Crippen molar-refractivity contribution in [3.05, 3.63) is 28.8 Å². The maximum Gasteiger partial charge on any atom is 0.382 e. The summed E-state index contributed by atoms with van der Waals surface area (Å²) in [6, 6.07) is 5.04. The minimum atomic E-state index is -3.79. The van der Waals surface area contributed by atoms with E-state index in [0.29, 0.717) is 10.7 Å². The van der Waals surface area contributed by atoms with Crippen LogP contribution >= 0.6 is 29.7 Å². The summed E-state index contributed by atoms with van der Waals surface area (Å²) in [6.45, 7) is -1.92. The van der Waals surface area contributed by atoms with Crippen LogP contribution in [0.15, 0.2) is 18.2 Å². The topological polar surface area (TPSA) is 49.3 Å². The van der Waals surface area contributed by atoms with Crippen LogP contribution in [0.25, 0.3) is 0 Å². The van der Waals surface area contributed by atoms with E-state index < -0.39 is 6.87 Å². The van der Waals surface area contributed by atoms with Crippen LogP contribution in [-0.4, -0.2) is 4.89 Å². The highest BCUT2D eigenvalue weighted by Crippen LogP contribution is 2.47. The van der Waals surface area contributed by atoms with Crippen LogP contribution in [0, 0.1) is 6.92 Å². The summed E-state index contributed by atoms with van der Waals surface area (Å²) in [6.07, 6.45) is 0. The highest BCUT2D eigenvalue weighted by atomic mass is 35.7. The molecule has 0 spiro atoms. The van der Waals surface area contributed by atoms with E-state index in [4.69, 9.17) is 27.7 Å². The van der Waals surface area contributed by atoms with Crippen molar-refractivity contribution in [1.29, 1.82) is 0 Å². The van der Waals surface area contributed by atoms with Gasteiger partial charge in [0.05, 0.1) is 10.7 Å². The Morgan fingerprint density at radius 3 is 2.62 bits per heavy atom. The van der Waals surface area contributed by atoms with E-state index in [1.54, 1.807) is 18.2 Å². The lowest BCUT2D eigenvalue weighted by atomic mass is 10.2. The molecule has 0 heterocycles. The van der Waals surface area contributed by atoms with Crippen LogP contribution in [-0.2, 0) is 4.57 Å². The van der Waals surface area contributed by atoms with E-state index >= 15 is 0 Å². The summed E-state index contributed by atoms with van der Waals surface area (Å²) in [7, 11) is 0. The van der Waals surface area contributed by atoms with Crippen LogP contribution in [0.2, 0.25) is 5.02 Å². The van der Waals surface area contributed by atoms with Crippen molar-refractivity contribution in [3.8, 4) is 0 Å². The van der Waals surface area contributed by atoms with Gasteiger partial charge in [0.2, 0.25) is 0 Å². The van der Waals surface area contributed by atoms with Crippen molar-refractivity contribution >= 4 is 35.4 Å². The zero-order valence-electron chi connectivity index (χ0n) is 6.79. The fourth-order valence-corrected chi connectivity index (χ4v) is 1.97. The SMILES string of the molecule is Cc1ccc(NP(=O)(O)Cl)c(Cl)c1. The second-order valence-corrected chi connectivity index (χ2v) is 5.61. The molecule has 13 heavy (non-hydrogen) atoms. The summed E-state index contributed by atoms with van der Waals surface area (Å²) >= 11 is 10.9. The molecule has 0 aromatic heterocycles. The molecule has 1 unspecified atom stereocenters. The molecular formula is C7H8Cl2NO2P. The first-order chi connectivity index (χ1) is 5.88. The van der Waals surface area contributed by atoms with Gasteiger partial charge in [-0.05, 0) is 35.9 Å². The number of nitrogens with one attached hydrogen (secondary N) is 1. The molecule has 1 atom stereocenters. The lowest BCUT2D eigenvalue weighted by Crippen LogP contribution is -1.91. The first-order valence-corrected chi connectivity index (χ1v) is 6.39. The van der Waals surface area contributed by atoms with Gasteiger partial charge in [-0.2, -0.15) is 0 Å². The van der Waals surface area contributed by atoms with Gasteiger partial charge in [-0.25, -0.2) is 4.57 Å². The maximum atomic E-state index is 10.8. The van der Waals surface area contributed by atoms with E-state index in [9.17, 15) is 4.57 Å². The molecule has 0 saturated carbocycles. The summed E-state index contributed by atoms with van der Waals surface area (Å²) < 4.78 is 10.8. The number of aryl methyl sites for hydroxylation is 1. The van der Waals surface area contributed by atoms with E-state index in [2.05, 4.69) is 5.09 Å². The zero-order chi connectivity index (χ0) is 10.1. The Hall–Kier alpha value is -0.210. The molecule has 1 aromatic rings. The standard InChI is InChI=1S/C7H8Cl2NO2P/c1-5-2-3-7(6(8)4-5)10-13(9,11)12/h2-4H,1H3,(H2,10,11,12). The van der Waals surface area contributed by atoms with Gasteiger partial charge >= 0.3 is 6.87 Å². The quantitative estimate of drug-likeness (QED) is 0.778. The second kappa shape index (κ2) is 3.89. The smallest absolute Gasteiger partial charge is 0.318 e. The molecule has 1 aromatic carbocycles. The number of halogens is 2. The number of anilines is 1. The van der Waals surface area contributed by atoms with E-state index in [-0.39, 0.29) is 0 Å². The van der Waals surface area contributed by atoms with Gasteiger partial charge in [-0.1, -0.05) is 17.7 Å². The van der Waals surface area contributed by atoms with Gasteiger partial charge in [0, 0.05) is 0 Å². The fourth-order valence-electron chi connectivity index (χ4n) is 0.859. The van der Waals surface area contributed by atoms with Gasteiger partial charge in [0.1, 0.15) is 0 Å². The third-order valence-corrected chi connectivity index (χ3v) is 2.47. The molecule has 72 valence electrons. The molecule has 3 nitrogen and oxygen atoms in total. The van der Waals surface area contributed by atoms with Crippen LogP contribution in [0.5, 0.6) is 0 Å². The molecule has 0 fully saturated rings. The van der Waals surface area contributed by atoms with E-state index in [1.165, 1.54) is 0 Å². The molecule has 0 saturated heterocycles. The summed E-state index contributed by atoms with van der Waals surface area (Å²) in [5.74, 6) is 0. The molecule has 6 heteroatoms. The lowest BCUT2D eigenvalue weighted by molar-refractivity contribution is 0.501. The third-order valence-electron chi connectivity index (χ3n) is 1.38. The Morgan fingerprint density at radius 2 is 2.15 bits per heavy atom. The Bertz CT molecular complexity index is 364. The summed E-state index contributed by atoms with van der Waals surface area (Å²) in [5, 5.41) is 2.59. The average Bonchev–Trinajstić information content (AvgIpc) is 1.93. The number of hydrogen-bond acceptors (Lipinski definition) is 1. The highest BCUT2D eigenvalue weighted by molar-refractivity contribution is 7.85. The van der Waals surface area contributed by atoms with Gasteiger partial charge in [-0.15, -0.1) is 0 Å². The summed E-state index contributed by atoms with van der Waals surface area (Å²) in [4.78, 5) is 8.82.